The number of methoxy groups -OCH3 is 1. The predicted molar refractivity (Wildman–Crippen MR) is 62.1 cm³/mol. The summed E-state index contributed by atoms with van der Waals surface area (Å²) in [5.74, 6) is -0.717. The lowest BCUT2D eigenvalue weighted by Crippen LogP contribution is -2.33. The van der Waals surface area contributed by atoms with E-state index in [0.29, 0.717) is 11.3 Å². The fourth-order valence-electron chi connectivity index (χ4n) is 1.41. The molecule has 1 unspecified atom stereocenters. The summed E-state index contributed by atoms with van der Waals surface area (Å²) in [5.41, 5.74) is 6.29. The molecule has 1 aromatic rings. The number of rotatable bonds is 5. The molecular weight excluding hydrogens is 225 g/mol. The monoisotopic (exact) mass is 239 g/mol. The highest BCUT2D eigenvalue weighted by Gasteiger charge is 2.18. The summed E-state index contributed by atoms with van der Waals surface area (Å²) in [5, 5.41) is 26.7. The molecule has 17 heavy (non-hydrogen) atoms. The second-order valence-corrected chi connectivity index (χ2v) is 3.59. The molecule has 1 aromatic carbocycles. The quantitative estimate of drug-likeness (QED) is 0.457. The van der Waals surface area contributed by atoms with E-state index in [4.69, 9.17) is 25.6 Å². The lowest BCUT2D eigenvalue weighted by Gasteiger charge is -2.12. The van der Waals surface area contributed by atoms with Crippen molar-refractivity contribution in [3.05, 3.63) is 23.8 Å². The van der Waals surface area contributed by atoms with Gasteiger partial charge in [-0.15, -0.1) is 0 Å². The Bertz CT molecular complexity index is 410. The van der Waals surface area contributed by atoms with Gasteiger partial charge in [0.1, 0.15) is 11.8 Å². The molecule has 0 radical (unpaired) electrons. The van der Waals surface area contributed by atoms with Crippen LogP contribution in [0.4, 0.5) is 0 Å². The van der Waals surface area contributed by atoms with Crippen LogP contribution >= 0.6 is 0 Å². The third kappa shape index (κ3) is 3.45. The molecule has 0 aliphatic carbocycles. The van der Waals surface area contributed by atoms with Crippen molar-refractivity contribution < 1.29 is 24.7 Å². The summed E-state index contributed by atoms with van der Waals surface area (Å²) >= 11 is 0. The Morgan fingerprint density at radius 3 is 2.65 bits per heavy atom. The Hall–Kier alpha value is -1.57. The van der Waals surface area contributed by atoms with Crippen molar-refractivity contribution >= 4 is 18.6 Å². The van der Waals surface area contributed by atoms with E-state index in [1.54, 1.807) is 6.07 Å². The summed E-state index contributed by atoms with van der Waals surface area (Å²) in [6.45, 7) is 0. The van der Waals surface area contributed by atoms with Crippen LogP contribution in [0.25, 0.3) is 0 Å². The van der Waals surface area contributed by atoms with Crippen LogP contribution < -0.4 is 15.9 Å². The Labute approximate surface area is 98.8 Å². The molecule has 6 nitrogen and oxygen atoms in total. The number of aliphatic carboxylic acids is 1. The molecule has 0 fully saturated rings. The molecule has 7 heteroatoms. The first kappa shape index (κ1) is 13.5. The molecule has 92 valence electrons. The Morgan fingerprint density at radius 1 is 1.53 bits per heavy atom. The molecule has 0 aliphatic heterocycles. The number of nitrogens with two attached hydrogens (primary N) is 1. The molecule has 0 spiro atoms. The lowest BCUT2D eigenvalue weighted by molar-refractivity contribution is -0.138. The van der Waals surface area contributed by atoms with Gasteiger partial charge in [0, 0.05) is 6.42 Å². The highest BCUT2D eigenvalue weighted by Crippen LogP contribution is 2.17. The van der Waals surface area contributed by atoms with Gasteiger partial charge in [0.15, 0.2) is 0 Å². The lowest BCUT2D eigenvalue weighted by atomic mass is 9.79. The smallest absolute Gasteiger partial charge is 0.488 e. The molecule has 0 aromatic heterocycles. The molecule has 1 atom stereocenters. The van der Waals surface area contributed by atoms with Crippen molar-refractivity contribution in [2.45, 2.75) is 12.5 Å². The van der Waals surface area contributed by atoms with Gasteiger partial charge in [-0.2, -0.15) is 0 Å². The zero-order valence-electron chi connectivity index (χ0n) is 9.33. The van der Waals surface area contributed by atoms with Crippen LogP contribution in [0.5, 0.6) is 5.75 Å². The third-order valence-corrected chi connectivity index (χ3v) is 2.37. The van der Waals surface area contributed by atoms with Crippen LogP contribution in [0.1, 0.15) is 5.56 Å². The average Bonchev–Trinajstić information content (AvgIpc) is 2.28. The predicted octanol–water partition coefficient (Wildman–Crippen LogP) is -1.67. The minimum Gasteiger partial charge on any atom is -0.496 e. The Balaban J connectivity index is 2.96. The van der Waals surface area contributed by atoms with E-state index < -0.39 is 19.1 Å². The molecule has 1 rings (SSSR count). The van der Waals surface area contributed by atoms with E-state index >= 15 is 0 Å². The largest absolute Gasteiger partial charge is 0.496 e. The number of carbonyl (C=O) groups is 1. The first-order valence-electron chi connectivity index (χ1n) is 4.97. The number of carboxylic acids is 1. The normalized spacial score (nSPS) is 12.0. The summed E-state index contributed by atoms with van der Waals surface area (Å²) in [4.78, 5) is 10.6. The number of hydrogen-bond acceptors (Lipinski definition) is 5. The van der Waals surface area contributed by atoms with Crippen molar-refractivity contribution in [1.29, 1.82) is 0 Å². The summed E-state index contributed by atoms with van der Waals surface area (Å²) in [6, 6.07) is 3.47. The van der Waals surface area contributed by atoms with E-state index in [0.717, 1.165) is 0 Å². The molecule has 0 saturated heterocycles. The van der Waals surface area contributed by atoms with Crippen molar-refractivity contribution in [1.82, 2.24) is 0 Å². The van der Waals surface area contributed by atoms with Gasteiger partial charge in [0.05, 0.1) is 7.11 Å². The summed E-state index contributed by atoms with van der Waals surface area (Å²) in [7, 11) is -0.176. The SMILES string of the molecule is COc1cc(B(O)O)ccc1CC(N)C(=O)O. The van der Waals surface area contributed by atoms with Gasteiger partial charge < -0.3 is 25.6 Å². The van der Waals surface area contributed by atoms with Crippen molar-refractivity contribution in [3.8, 4) is 5.75 Å². The molecular formula is C10H14BNO5. The first-order chi connectivity index (χ1) is 7.95. The molecule has 0 heterocycles. The topological polar surface area (TPSA) is 113 Å². The van der Waals surface area contributed by atoms with E-state index in [1.165, 1.54) is 19.2 Å². The van der Waals surface area contributed by atoms with E-state index in [1.807, 2.05) is 0 Å². The maximum atomic E-state index is 10.6. The molecule has 0 aliphatic rings. The standard InChI is InChI=1S/C10H14BNO5/c1-17-9-5-7(11(15)16)3-2-6(9)4-8(12)10(13)14/h2-3,5,8,15-16H,4,12H2,1H3,(H,13,14). The van der Waals surface area contributed by atoms with Gasteiger partial charge in [-0.05, 0) is 17.1 Å². The van der Waals surface area contributed by atoms with Gasteiger partial charge in [-0.3, -0.25) is 4.79 Å². The van der Waals surface area contributed by atoms with Crippen molar-refractivity contribution in [2.24, 2.45) is 5.73 Å². The Morgan fingerprint density at radius 2 is 2.18 bits per heavy atom. The average molecular weight is 239 g/mol. The van der Waals surface area contributed by atoms with Gasteiger partial charge in [-0.25, -0.2) is 0 Å². The molecule has 0 saturated carbocycles. The maximum absolute atomic E-state index is 10.6. The molecule has 5 N–H and O–H groups in total. The van der Waals surface area contributed by atoms with E-state index in [9.17, 15) is 4.79 Å². The summed E-state index contributed by atoms with van der Waals surface area (Å²) in [6.07, 6.45) is 0.111. The number of carboxylic acid groups (broad SMARTS) is 1. The molecule has 0 bridgehead atoms. The second kappa shape index (κ2) is 5.67. The summed E-state index contributed by atoms with van der Waals surface area (Å²) < 4.78 is 5.05. The first-order valence-corrected chi connectivity index (χ1v) is 4.97. The van der Waals surface area contributed by atoms with E-state index in [2.05, 4.69) is 0 Å². The van der Waals surface area contributed by atoms with E-state index in [-0.39, 0.29) is 11.9 Å². The minimum absolute atomic E-state index is 0.111. The number of benzene rings is 1. The minimum atomic E-state index is -1.59. The van der Waals surface area contributed by atoms with Gasteiger partial charge in [-0.1, -0.05) is 12.1 Å². The third-order valence-electron chi connectivity index (χ3n) is 2.37. The second-order valence-electron chi connectivity index (χ2n) is 3.59. The van der Waals surface area contributed by atoms with Gasteiger partial charge >= 0.3 is 13.1 Å². The van der Waals surface area contributed by atoms with Gasteiger partial charge in [0.25, 0.3) is 0 Å². The zero-order chi connectivity index (χ0) is 13.0. The maximum Gasteiger partial charge on any atom is 0.488 e. The van der Waals surface area contributed by atoms with Crippen LogP contribution in [0, 0.1) is 0 Å². The van der Waals surface area contributed by atoms with Gasteiger partial charge in [0.2, 0.25) is 0 Å². The van der Waals surface area contributed by atoms with Crippen molar-refractivity contribution in [3.63, 3.8) is 0 Å². The van der Waals surface area contributed by atoms with Crippen LogP contribution in [0.15, 0.2) is 18.2 Å². The highest BCUT2D eigenvalue weighted by molar-refractivity contribution is 6.58. The van der Waals surface area contributed by atoms with Crippen molar-refractivity contribution in [2.75, 3.05) is 7.11 Å². The highest BCUT2D eigenvalue weighted by atomic mass is 16.5. The zero-order valence-corrected chi connectivity index (χ0v) is 9.33. The fourth-order valence-corrected chi connectivity index (χ4v) is 1.41. The molecule has 0 amide bonds. The Kier molecular flexibility index (Phi) is 4.50. The van der Waals surface area contributed by atoms with Crippen LogP contribution in [0.2, 0.25) is 0 Å². The fraction of sp³-hybridized carbons (Fsp3) is 0.300. The number of ether oxygens (including phenoxy) is 1. The van der Waals surface area contributed by atoms with Crippen LogP contribution in [-0.4, -0.2) is 41.4 Å². The van der Waals surface area contributed by atoms with Crippen LogP contribution in [0.3, 0.4) is 0 Å². The number of hydrogen-bond donors (Lipinski definition) is 4. The van der Waals surface area contributed by atoms with Crippen LogP contribution in [-0.2, 0) is 11.2 Å².